The second kappa shape index (κ2) is 12.5. The van der Waals surface area contributed by atoms with E-state index in [2.05, 4.69) is 11.8 Å². The lowest BCUT2D eigenvalue weighted by Gasteiger charge is -2.49. The van der Waals surface area contributed by atoms with E-state index in [1.165, 1.54) is 0 Å². The predicted octanol–water partition coefficient (Wildman–Crippen LogP) is 5.77. The number of nitrogens with two attached hydrogens (primary N) is 1. The standard InChI is InChI=1S/C33H37Cl2N3O4/c1-21(23-11-13-38(19-23)31(39)24-15-26(41-2)18-27(16-24)42-3)37-14-12-33(32(36)40,25-7-5-4-6-8-25)28(20-37)22-9-10-29(34)30(35)17-22/h4-10,15-18,21,23,28H,11-14,19-20H2,1-3H3,(H2,36,40). The molecular formula is C33H37Cl2N3O4. The summed E-state index contributed by atoms with van der Waals surface area (Å²) in [7, 11) is 3.15. The Morgan fingerprint density at radius 1 is 0.929 bits per heavy atom. The number of hydrogen-bond donors (Lipinski definition) is 1. The quantitative estimate of drug-likeness (QED) is 0.350. The van der Waals surface area contributed by atoms with E-state index in [9.17, 15) is 9.59 Å². The summed E-state index contributed by atoms with van der Waals surface area (Å²) in [6, 6.07) is 20.8. The number of carbonyl (C=O) groups excluding carboxylic acids is 2. The van der Waals surface area contributed by atoms with Gasteiger partial charge in [0.25, 0.3) is 5.91 Å². The van der Waals surface area contributed by atoms with Crippen molar-refractivity contribution in [3.63, 3.8) is 0 Å². The maximum atomic E-state index is 13.5. The third kappa shape index (κ3) is 5.70. The molecule has 7 nitrogen and oxygen atoms in total. The average Bonchev–Trinajstić information content (AvgIpc) is 3.51. The molecule has 0 aromatic heterocycles. The highest BCUT2D eigenvalue weighted by Crippen LogP contribution is 2.47. The zero-order chi connectivity index (χ0) is 30.0. The summed E-state index contributed by atoms with van der Waals surface area (Å²) in [5.41, 5.74) is 7.74. The first-order valence-electron chi connectivity index (χ1n) is 14.2. The van der Waals surface area contributed by atoms with Gasteiger partial charge in [-0.25, -0.2) is 0 Å². The molecule has 9 heteroatoms. The fourth-order valence-electron chi connectivity index (χ4n) is 6.76. The minimum atomic E-state index is -0.891. The van der Waals surface area contributed by atoms with Crippen LogP contribution in [0, 0.1) is 5.92 Å². The molecule has 2 amide bonds. The van der Waals surface area contributed by atoms with Gasteiger partial charge in [0.2, 0.25) is 5.91 Å². The summed E-state index contributed by atoms with van der Waals surface area (Å²) in [5, 5.41) is 0.917. The van der Waals surface area contributed by atoms with Gasteiger partial charge in [-0.3, -0.25) is 14.5 Å². The minimum absolute atomic E-state index is 0.0361. The summed E-state index contributed by atoms with van der Waals surface area (Å²) in [5.74, 6) is 0.828. The van der Waals surface area contributed by atoms with Gasteiger partial charge in [-0.15, -0.1) is 0 Å². The van der Waals surface area contributed by atoms with E-state index in [-0.39, 0.29) is 29.7 Å². The largest absolute Gasteiger partial charge is 0.497 e. The molecule has 4 unspecified atom stereocenters. The number of benzene rings is 3. The van der Waals surface area contributed by atoms with Gasteiger partial charge in [-0.1, -0.05) is 59.6 Å². The highest BCUT2D eigenvalue weighted by molar-refractivity contribution is 6.42. The molecule has 3 aromatic carbocycles. The Morgan fingerprint density at radius 2 is 1.62 bits per heavy atom. The Hall–Kier alpha value is -3.26. The number of ether oxygens (including phenoxy) is 2. The van der Waals surface area contributed by atoms with Gasteiger partial charge in [-0.05, 0) is 67.6 Å². The molecular weight excluding hydrogens is 573 g/mol. The van der Waals surface area contributed by atoms with Crippen molar-refractivity contribution in [1.82, 2.24) is 9.80 Å². The SMILES string of the molecule is COc1cc(OC)cc(C(=O)N2CCC(C(C)N3CCC(C(N)=O)(c4ccccc4)C(c4ccc(Cl)c(Cl)c4)C3)C2)c1. The Kier molecular flexibility index (Phi) is 9.02. The maximum absolute atomic E-state index is 13.5. The van der Waals surface area contributed by atoms with E-state index in [4.69, 9.17) is 38.4 Å². The summed E-state index contributed by atoms with van der Waals surface area (Å²) in [6.07, 6.45) is 1.46. The van der Waals surface area contributed by atoms with Crippen molar-refractivity contribution in [2.45, 2.75) is 37.1 Å². The lowest BCUT2D eigenvalue weighted by atomic mass is 9.62. The lowest BCUT2D eigenvalue weighted by molar-refractivity contribution is -0.126. The molecule has 42 heavy (non-hydrogen) atoms. The molecule has 2 fully saturated rings. The van der Waals surface area contributed by atoms with Crippen LogP contribution in [-0.2, 0) is 10.2 Å². The molecule has 222 valence electrons. The molecule has 0 saturated carbocycles. The Morgan fingerprint density at radius 3 is 2.24 bits per heavy atom. The number of piperidine rings is 1. The second-order valence-electron chi connectivity index (χ2n) is 11.3. The molecule has 2 heterocycles. The van der Waals surface area contributed by atoms with Crippen molar-refractivity contribution in [3.05, 3.63) is 93.5 Å². The molecule has 2 saturated heterocycles. The number of methoxy groups -OCH3 is 2. The molecule has 5 rings (SSSR count). The number of carbonyl (C=O) groups is 2. The Bertz CT molecular complexity index is 1430. The molecule has 2 aliphatic rings. The second-order valence-corrected chi connectivity index (χ2v) is 12.1. The van der Waals surface area contributed by atoms with Crippen LogP contribution in [0.5, 0.6) is 11.5 Å². The Labute approximate surface area is 257 Å². The normalized spacial score (nSPS) is 23.4. The van der Waals surface area contributed by atoms with Crippen molar-refractivity contribution < 1.29 is 19.1 Å². The highest BCUT2D eigenvalue weighted by Gasteiger charge is 2.51. The van der Waals surface area contributed by atoms with Gasteiger partial charge in [0.1, 0.15) is 11.5 Å². The van der Waals surface area contributed by atoms with Crippen molar-refractivity contribution in [3.8, 4) is 11.5 Å². The monoisotopic (exact) mass is 609 g/mol. The number of nitrogens with zero attached hydrogens (tertiary/aromatic N) is 2. The van der Waals surface area contributed by atoms with Crippen LogP contribution >= 0.6 is 23.2 Å². The van der Waals surface area contributed by atoms with Crippen molar-refractivity contribution in [1.29, 1.82) is 0 Å². The van der Waals surface area contributed by atoms with E-state index >= 15 is 0 Å². The third-order valence-corrected chi connectivity index (χ3v) is 9.99. The van der Waals surface area contributed by atoms with Crippen LogP contribution < -0.4 is 15.2 Å². The van der Waals surface area contributed by atoms with Crippen LogP contribution in [0.3, 0.4) is 0 Å². The van der Waals surface area contributed by atoms with Crippen molar-refractivity contribution in [2.24, 2.45) is 11.7 Å². The van der Waals surface area contributed by atoms with E-state index in [0.29, 0.717) is 59.7 Å². The Balaban J connectivity index is 1.39. The minimum Gasteiger partial charge on any atom is -0.497 e. The molecule has 2 aliphatic heterocycles. The van der Waals surface area contributed by atoms with E-state index in [1.54, 1.807) is 38.5 Å². The van der Waals surface area contributed by atoms with E-state index < -0.39 is 5.41 Å². The summed E-state index contributed by atoms with van der Waals surface area (Å²) in [6.45, 7) is 4.86. The molecule has 0 spiro atoms. The van der Waals surface area contributed by atoms with Gasteiger partial charge >= 0.3 is 0 Å². The number of hydrogen-bond acceptors (Lipinski definition) is 5. The third-order valence-electron chi connectivity index (χ3n) is 9.25. The molecule has 2 N–H and O–H groups in total. The van der Waals surface area contributed by atoms with E-state index in [0.717, 1.165) is 17.5 Å². The summed E-state index contributed by atoms with van der Waals surface area (Å²) in [4.78, 5) is 31.2. The van der Waals surface area contributed by atoms with Crippen molar-refractivity contribution >= 4 is 35.0 Å². The number of rotatable bonds is 8. The van der Waals surface area contributed by atoms with Crippen LogP contribution in [0.1, 0.15) is 47.2 Å². The van der Waals surface area contributed by atoms with Gasteiger partial charge in [0, 0.05) is 43.2 Å². The molecule has 4 atom stereocenters. The fraction of sp³-hybridized carbons (Fsp3) is 0.394. The topological polar surface area (TPSA) is 85.1 Å². The molecule has 0 bridgehead atoms. The number of primary amides is 1. The smallest absolute Gasteiger partial charge is 0.254 e. The summed E-state index contributed by atoms with van der Waals surface area (Å²) < 4.78 is 10.7. The molecule has 3 aromatic rings. The van der Waals surface area contributed by atoms with Crippen LogP contribution in [-0.4, -0.2) is 68.1 Å². The number of halogens is 2. The number of amides is 2. The van der Waals surface area contributed by atoms with Gasteiger partial charge in [0.05, 0.1) is 29.7 Å². The average molecular weight is 611 g/mol. The first kappa shape index (κ1) is 30.2. The van der Waals surface area contributed by atoms with Crippen LogP contribution in [0.25, 0.3) is 0 Å². The number of likely N-dealkylation sites (tertiary alicyclic amines) is 2. The van der Waals surface area contributed by atoms with Crippen molar-refractivity contribution in [2.75, 3.05) is 40.4 Å². The van der Waals surface area contributed by atoms with Gasteiger partial charge < -0.3 is 20.1 Å². The first-order valence-corrected chi connectivity index (χ1v) is 15.0. The molecule has 0 radical (unpaired) electrons. The highest BCUT2D eigenvalue weighted by atomic mass is 35.5. The van der Waals surface area contributed by atoms with Crippen LogP contribution in [0.2, 0.25) is 10.0 Å². The fourth-order valence-corrected chi connectivity index (χ4v) is 7.07. The van der Waals surface area contributed by atoms with E-state index in [1.807, 2.05) is 47.4 Å². The maximum Gasteiger partial charge on any atom is 0.254 e. The first-order chi connectivity index (χ1) is 20.2. The lowest BCUT2D eigenvalue weighted by Crippen LogP contribution is -2.57. The molecule has 0 aliphatic carbocycles. The van der Waals surface area contributed by atoms with Gasteiger partial charge in [-0.2, -0.15) is 0 Å². The van der Waals surface area contributed by atoms with Crippen LogP contribution in [0.4, 0.5) is 0 Å². The zero-order valence-electron chi connectivity index (χ0n) is 24.2. The van der Waals surface area contributed by atoms with Gasteiger partial charge in [0.15, 0.2) is 0 Å². The summed E-state index contributed by atoms with van der Waals surface area (Å²) >= 11 is 12.7. The predicted molar refractivity (Wildman–Crippen MR) is 166 cm³/mol. The van der Waals surface area contributed by atoms with Crippen LogP contribution in [0.15, 0.2) is 66.7 Å². The zero-order valence-corrected chi connectivity index (χ0v) is 25.7.